The second-order valence-corrected chi connectivity index (χ2v) is 7.29. The average Bonchev–Trinajstić information content (AvgIpc) is 3.30. The van der Waals surface area contributed by atoms with Crippen LogP contribution in [0.4, 0.5) is 10.8 Å². The number of oxazole rings is 1. The first kappa shape index (κ1) is 17.4. The fraction of sp³-hybridized carbons (Fsp3) is 0.353. The highest BCUT2D eigenvalue weighted by atomic mass is 32.1. The van der Waals surface area contributed by atoms with Crippen molar-refractivity contribution < 1.29 is 14.1 Å². The van der Waals surface area contributed by atoms with Gasteiger partial charge in [-0.15, -0.1) is 11.3 Å². The van der Waals surface area contributed by atoms with Gasteiger partial charge in [0.25, 0.3) is 5.69 Å². The van der Waals surface area contributed by atoms with E-state index in [1.165, 1.54) is 34.1 Å². The summed E-state index contributed by atoms with van der Waals surface area (Å²) in [4.78, 5) is 38.7. The Hall–Kier alpha value is -3.01. The Balaban J connectivity index is 1.36. The van der Waals surface area contributed by atoms with Gasteiger partial charge in [-0.1, -0.05) is 0 Å². The van der Waals surface area contributed by atoms with Crippen molar-refractivity contribution in [2.45, 2.75) is 38.1 Å². The normalized spacial score (nSPS) is 13.8. The lowest BCUT2D eigenvalue weighted by Gasteiger charge is -2.03. The van der Waals surface area contributed by atoms with E-state index >= 15 is 0 Å². The molecule has 3 aromatic rings. The lowest BCUT2D eigenvalue weighted by atomic mass is 10.2. The highest BCUT2D eigenvalue weighted by Crippen LogP contribution is 2.40. The van der Waals surface area contributed by atoms with E-state index in [4.69, 9.17) is 4.42 Å². The van der Waals surface area contributed by atoms with Crippen LogP contribution in [0, 0.1) is 10.1 Å². The van der Waals surface area contributed by atoms with E-state index in [0.717, 1.165) is 18.5 Å². The van der Waals surface area contributed by atoms with Gasteiger partial charge in [0.15, 0.2) is 10.7 Å². The maximum absolute atomic E-state index is 12.1. The molecule has 0 aliphatic heterocycles. The van der Waals surface area contributed by atoms with Crippen molar-refractivity contribution in [3.8, 4) is 0 Å². The third kappa shape index (κ3) is 3.75. The minimum absolute atomic E-state index is 0.142. The van der Waals surface area contributed by atoms with Crippen molar-refractivity contribution in [2.24, 2.45) is 0 Å². The fourth-order valence-electron chi connectivity index (χ4n) is 2.87. The van der Waals surface area contributed by atoms with Gasteiger partial charge in [0, 0.05) is 30.3 Å². The van der Waals surface area contributed by atoms with Crippen LogP contribution in [0.3, 0.4) is 0 Å². The Morgan fingerprint density at radius 1 is 1.44 bits per heavy atom. The molecule has 140 valence electrons. The van der Waals surface area contributed by atoms with Gasteiger partial charge in [-0.25, -0.2) is 9.78 Å². The highest BCUT2D eigenvalue weighted by Gasteiger charge is 2.26. The summed E-state index contributed by atoms with van der Waals surface area (Å²) in [6, 6.07) is 4.02. The van der Waals surface area contributed by atoms with Crippen LogP contribution in [0.5, 0.6) is 0 Å². The number of benzene rings is 1. The molecule has 1 amide bonds. The Labute approximate surface area is 156 Å². The number of anilines is 1. The Kier molecular flexibility index (Phi) is 4.48. The molecule has 9 nitrogen and oxygen atoms in total. The Bertz CT molecular complexity index is 1080. The standard InChI is InChI=1S/C17H16N4O5S/c22-15(19-16-18-12(9-27-16)10-3-4-10)2-1-7-20-13-6-5-11(21(24)25)8-14(13)26-17(20)23/h5-6,8-10H,1-4,7H2,(H,18,19,22). The third-order valence-corrected chi connectivity index (χ3v) is 5.19. The largest absolute Gasteiger partial charge is 0.419 e. The Morgan fingerprint density at radius 3 is 3.00 bits per heavy atom. The average molecular weight is 388 g/mol. The van der Waals surface area contributed by atoms with Crippen LogP contribution in [0.2, 0.25) is 0 Å². The number of hydrogen-bond acceptors (Lipinski definition) is 7. The quantitative estimate of drug-likeness (QED) is 0.490. The van der Waals surface area contributed by atoms with E-state index in [-0.39, 0.29) is 30.1 Å². The minimum atomic E-state index is -0.597. The van der Waals surface area contributed by atoms with E-state index in [2.05, 4.69) is 10.3 Å². The van der Waals surface area contributed by atoms with Gasteiger partial charge in [0.1, 0.15) is 0 Å². The summed E-state index contributed by atoms with van der Waals surface area (Å²) in [6.45, 7) is 0.280. The number of fused-ring (bicyclic) bond motifs is 1. The molecule has 1 aromatic carbocycles. The van der Waals surface area contributed by atoms with Gasteiger partial charge in [0.2, 0.25) is 5.91 Å². The molecule has 1 fully saturated rings. The molecular weight excluding hydrogens is 372 g/mol. The zero-order valence-corrected chi connectivity index (χ0v) is 15.0. The van der Waals surface area contributed by atoms with Crippen LogP contribution in [0.1, 0.15) is 37.3 Å². The summed E-state index contributed by atoms with van der Waals surface area (Å²) in [5, 5.41) is 16.2. The maximum Gasteiger partial charge on any atom is 0.419 e. The predicted octanol–water partition coefficient (Wildman–Crippen LogP) is 3.26. The molecule has 4 rings (SSSR count). The molecule has 0 unspecified atom stereocenters. The topological polar surface area (TPSA) is 120 Å². The molecule has 0 spiro atoms. The highest BCUT2D eigenvalue weighted by molar-refractivity contribution is 7.13. The smallest absolute Gasteiger partial charge is 0.407 e. The Morgan fingerprint density at radius 2 is 2.26 bits per heavy atom. The molecule has 0 saturated heterocycles. The number of carbonyl (C=O) groups excluding carboxylic acids is 1. The summed E-state index contributed by atoms with van der Waals surface area (Å²) in [5.41, 5.74) is 1.53. The number of aryl methyl sites for hydroxylation is 1. The molecule has 0 bridgehead atoms. The third-order valence-electron chi connectivity index (χ3n) is 4.41. The molecule has 0 radical (unpaired) electrons. The number of carbonyl (C=O) groups is 1. The van der Waals surface area contributed by atoms with Gasteiger partial charge in [-0.2, -0.15) is 0 Å². The monoisotopic (exact) mass is 388 g/mol. The number of non-ortho nitro benzene ring substituents is 1. The summed E-state index contributed by atoms with van der Waals surface area (Å²) in [7, 11) is 0. The van der Waals surface area contributed by atoms with E-state index < -0.39 is 10.7 Å². The maximum atomic E-state index is 12.1. The van der Waals surface area contributed by atoms with E-state index in [1.54, 1.807) is 0 Å². The molecule has 10 heteroatoms. The molecule has 1 aliphatic rings. The molecule has 27 heavy (non-hydrogen) atoms. The first-order valence-electron chi connectivity index (χ1n) is 8.54. The van der Waals surface area contributed by atoms with Crippen molar-refractivity contribution in [2.75, 3.05) is 5.32 Å². The number of rotatable bonds is 7. The second-order valence-electron chi connectivity index (χ2n) is 6.43. The minimum Gasteiger partial charge on any atom is -0.407 e. The number of amides is 1. The lowest BCUT2D eigenvalue weighted by molar-refractivity contribution is -0.384. The zero-order valence-electron chi connectivity index (χ0n) is 14.2. The molecule has 2 aromatic heterocycles. The van der Waals surface area contributed by atoms with Crippen molar-refractivity contribution in [1.29, 1.82) is 0 Å². The molecule has 2 heterocycles. The van der Waals surface area contributed by atoms with Crippen molar-refractivity contribution >= 4 is 39.2 Å². The number of nitro groups is 1. The molecule has 1 saturated carbocycles. The molecular formula is C17H16N4O5S. The van der Waals surface area contributed by atoms with Crippen LogP contribution in [0.15, 0.2) is 32.8 Å². The summed E-state index contributed by atoms with van der Waals surface area (Å²) in [5.74, 6) is -0.216. The van der Waals surface area contributed by atoms with Gasteiger partial charge in [0.05, 0.1) is 22.2 Å². The van der Waals surface area contributed by atoms with Crippen molar-refractivity contribution in [1.82, 2.24) is 9.55 Å². The van der Waals surface area contributed by atoms with Gasteiger partial charge < -0.3 is 9.73 Å². The number of nitro benzene ring substituents is 1. The van der Waals surface area contributed by atoms with Crippen LogP contribution in [-0.4, -0.2) is 20.4 Å². The molecule has 1 aliphatic carbocycles. The van der Waals surface area contributed by atoms with Crippen LogP contribution in [-0.2, 0) is 11.3 Å². The van der Waals surface area contributed by atoms with E-state index in [9.17, 15) is 19.7 Å². The molecule has 1 N–H and O–H groups in total. The predicted molar refractivity (Wildman–Crippen MR) is 99.1 cm³/mol. The van der Waals surface area contributed by atoms with Crippen LogP contribution < -0.4 is 11.1 Å². The van der Waals surface area contributed by atoms with E-state index in [0.29, 0.717) is 23.0 Å². The SMILES string of the molecule is O=C(CCCn1c(=O)oc2cc([N+](=O)[O-])ccc21)Nc1nc(C2CC2)cs1. The first-order chi connectivity index (χ1) is 13.0. The number of nitrogens with zero attached hydrogens (tertiary/aromatic N) is 3. The number of hydrogen-bond donors (Lipinski definition) is 1. The number of nitrogens with one attached hydrogen (secondary N) is 1. The fourth-order valence-corrected chi connectivity index (χ4v) is 3.68. The van der Waals surface area contributed by atoms with Crippen molar-refractivity contribution in [3.05, 3.63) is 49.9 Å². The number of thiazole rings is 1. The van der Waals surface area contributed by atoms with Crippen LogP contribution in [0.25, 0.3) is 11.1 Å². The summed E-state index contributed by atoms with van der Waals surface area (Å²) >= 11 is 1.42. The summed E-state index contributed by atoms with van der Waals surface area (Å²) in [6.07, 6.45) is 2.98. The number of aromatic nitrogens is 2. The van der Waals surface area contributed by atoms with Gasteiger partial charge in [-0.3, -0.25) is 19.5 Å². The van der Waals surface area contributed by atoms with Gasteiger partial charge in [-0.05, 0) is 25.3 Å². The molecule has 0 atom stereocenters. The van der Waals surface area contributed by atoms with E-state index in [1.807, 2.05) is 5.38 Å². The van der Waals surface area contributed by atoms with Crippen molar-refractivity contribution in [3.63, 3.8) is 0 Å². The zero-order chi connectivity index (χ0) is 19.0. The lowest BCUT2D eigenvalue weighted by Crippen LogP contribution is -2.17. The van der Waals surface area contributed by atoms with Gasteiger partial charge >= 0.3 is 5.76 Å². The first-order valence-corrected chi connectivity index (χ1v) is 9.42. The summed E-state index contributed by atoms with van der Waals surface area (Å²) < 4.78 is 6.44. The van der Waals surface area contributed by atoms with Crippen LogP contribution >= 0.6 is 11.3 Å². The second kappa shape index (κ2) is 6.95.